The molecule has 5 aromatic carbocycles. The van der Waals surface area contributed by atoms with Gasteiger partial charge in [0.1, 0.15) is 23.7 Å². The molecule has 9 heteroatoms. The van der Waals surface area contributed by atoms with Gasteiger partial charge in [-0.2, -0.15) is 0 Å². The number of benzene rings is 5. The van der Waals surface area contributed by atoms with Gasteiger partial charge >= 0.3 is 6.03 Å². The van der Waals surface area contributed by atoms with E-state index in [4.69, 9.17) is 4.74 Å². The molecule has 0 spiro atoms. The van der Waals surface area contributed by atoms with E-state index in [-0.39, 0.29) is 30.9 Å². The predicted molar refractivity (Wildman–Crippen MR) is 184 cm³/mol. The fraction of sp³-hybridized carbons (Fsp3) is 0.205. The summed E-state index contributed by atoms with van der Waals surface area (Å²) in [7, 11) is 1.74. The Balaban J connectivity index is 1.19. The Morgan fingerprint density at radius 3 is 2.21 bits per heavy atom. The summed E-state index contributed by atoms with van der Waals surface area (Å²) in [5.41, 5.74) is 2.85. The average Bonchev–Trinajstić information content (AvgIpc) is 3.11. The molecule has 2 atom stereocenters. The molecule has 48 heavy (non-hydrogen) atoms. The van der Waals surface area contributed by atoms with Gasteiger partial charge in [-0.25, -0.2) is 14.8 Å². The van der Waals surface area contributed by atoms with Crippen molar-refractivity contribution in [2.24, 2.45) is 0 Å². The van der Waals surface area contributed by atoms with Crippen molar-refractivity contribution in [3.8, 4) is 11.5 Å². The minimum Gasteiger partial charge on any atom is -0.457 e. The third kappa shape index (κ3) is 6.45. The molecule has 2 heterocycles. The number of carbonyl (C=O) groups is 3. The zero-order valence-corrected chi connectivity index (χ0v) is 26.7. The molecule has 9 nitrogen and oxygen atoms in total. The van der Waals surface area contributed by atoms with Crippen molar-refractivity contribution in [2.45, 2.75) is 31.7 Å². The molecule has 0 radical (unpaired) electrons. The molecule has 0 saturated carbocycles. The maximum absolute atomic E-state index is 14.4. The molecule has 2 fully saturated rings. The Kier molecular flexibility index (Phi) is 8.76. The maximum Gasteiger partial charge on any atom is 0.334 e. The first-order valence-electron chi connectivity index (χ1n) is 16.1. The highest BCUT2D eigenvalue weighted by atomic mass is 16.5. The van der Waals surface area contributed by atoms with E-state index in [2.05, 4.69) is 23.5 Å². The van der Waals surface area contributed by atoms with Gasteiger partial charge in [0.2, 0.25) is 11.8 Å². The first-order valence-corrected chi connectivity index (χ1v) is 16.1. The fourth-order valence-electron chi connectivity index (χ4n) is 6.68. The molecule has 1 N–H and O–H groups in total. The van der Waals surface area contributed by atoms with Crippen LogP contribution < -0.4 is 10.1 Å². The number of hydrazine groups is 1. The van der Waals surface area contributed by atoms with E-state index in [1.165, 1.54) is 0 Å². The zero-order valence-electron chi connectivity index (χ0n) is 26.7. The van der Waals surface area contributed by atoms with Crippen molar-refractivity contribution in [3.05, 3.63) is 144 Å². The lowest BCUT2D eigenvalue weighted by Crippen LogP contribution is -2.76. The summed E-state index contributed by atoms with van der Waals surface area (Å²) in [5, 5.41) is 8.43. The van der Waals surface area contributed by atoms with Crippen molar-refractivity contribution in [3.63, 3.8) is 0 Å². The van der Waals surface area contributed by atoms with Crippen LogP contribution in [0.1, 0.15) is 16.7 Å². The SMILES string of the molecule is CN1CC(=O)N2C(Cc3ccc(Oc4ccccc4)cc3)C(=O)N(Cc3cccc4ccccc34)CC2N1C(=O)NCc1ccccc1. The summed E-state index contributed by atoms with van der Waals surface area (Å²) in [6.45, 7) is 0.843. The Morgan fingerprint density at radius 2 is 1.44 bits per heavy atom. The topological polar surface area (TPSA) is 85.4 Å². The Morgan fingerprint density at radius 1 is 0.771 bits per heavy atom. The molecular weight excluding hydrogens is 602 g/mol. The highest BCUT2D eigenvalue weighted by Crippen LogP contribution is 2.31. The van der Waals surface area contributed by atoms with Gasteiger partial charge in [-0.1, -0.05) is 103 Å². The number of fused-ring (bicyclic) bond motifs is 2. The van der Waals surface area contributed by atoms with Crippen LogP contribution in [0.15, 0.2) is 127 Å². The molecule has 2 aliphatic heterocycles. The fourth-order valence-corrected chi connectivity index (χ4v) is 6.68. The maximum atomic E-state index is 14.4. The average molecular weight is 640 g/mol. The molecular formula is C39H37N5O4. The molecule has 2 saturated heterocycles. The van der Waals surface area contributed by atoms with Gasteiger partial charge in [0.05, 0.1) is 13.1 Å². The molecule has 2 unspecified atom stereocenters. The lowest BCUT2D eigenvalue weighted by Gasteiger charge is -2.54. The number of urea groups is 1. The van der Waals surface area contributed by atoms with E-state index in [0.717, 1.165) is 33.2 Å². The highest BCUT2D eigenvalue weighted by Gasteiger charge is 2.50. The lowest BCUT2D eigenvalue weighted by atomic mass is 9.97. The first-order chi connectivity index (χ1) is 23.4. The van der Waals surface area contributed by atoms with Crippen molar-refractivity contribution in [2.75, 3.05) is 20.1 Å². The summed E-state index contributed by atoms with van der Waals surface area (Å²) in [4.78, 5) is 45.4. The van der Waals surface area contributed by atoms with Crippen LogP contribution in [0.3, 0.4) is 0 Å². The number of nitrogens with zero attached hydrogens (tertiary/aromatic N) is 4. The number of hydrogen-bond acceptors (Lipinski definition) is 5. The summed E-state index contributed by atoms with van der Waals surface area (Å²) in [6, 6.07) is 39.9. The van der Waals surface area contributed by atoms with E-state index in [9.17, 15) is 14.4 Å². The van der Waals surface area contributed by atoms with Gasteiger partial charge in [0, 0.05) is 26.6 Å². The largest absolute Gasteiger partial charge is 0.457 e. The second kappa shape index (κ2) is 13.6. The smallest absolute Gasteiger partial charge is 0.334 e. The summed E-state index contributed by atoms with van der Waals surface area (Å²) < 4.78 is 5.98. The van der Waals surface area contributed by atoms with Crippen LogP contribution in [0.25, 0.3) is 10.8 Å². The van der Waals surface area contributed by atoms with Gasteiger partial charge in [0.15, 0.2) is 0 Å². The zero-order chi connectivity index (χ0) is 33.0. The minimum atomic E-state index is -0.801. The Hall–Kier alpha value is -5.67. The van der Waals surface area contributed by atoms with Crippen LogP contribution in [-0.4, -0.2) is 70.0 Å². The number of piperazine rings is 1. The Labute approximate surface area is 279 Å². The van der Waals surface area contributed by atoms with E-state index in [1.807, 2.05) is 109 Å². The standard InChI is InChI=1S/C39H37N5O4/c1-41-27-37(45)43-35(23-28-19-21-33(22-20-28)48-32-16-6-3-7-17-32)38(46)42(25-31-15-10-14-30-13-8-9-18-34(30)31)26-36(43)44(41)39(47)40-24-29-11-4-2-5-12-29/h2-22,35-36H,23-27H2,1H3,(H,40,47). The lowest BCUT2D eigenvalue weighted by molar-refractivity contribution is -0.187. The number of hydrogen-bond donors (Lipinski definition) is 1. The van der Waals surface area contributed by atoms with Crippen molar-refractivity contribution < 1.29 is 19.1 Å². The first kappa shape index (κ1) is 31.0. The molecule has 0 aromatic heterocycles. The third-order valence-corrected chi connectivity index (χ3v) is 9.01. The van der Waals surface area contributed by atoms with E-state index in [0.29, 0.717) is 25.3 Å². The summed E-state index contributed by atoms with van der Waals surface area (Å²) >= 11 is 0. The summed E-state index contributed by atoms with van der Waals surface area (Å²) in [5.74, 6) is 1.06. The van der Waals surface area contributed by atoms with Crippen molar-refractivity contribution >= 4 is 28.6 Å². The van der Waals surface area contributed by atoms with Crippen LogP contribution in [0.4, 0.5) is 4.79 Å². The van der Waals surface area contributed by atoms with Gasteiger partial charge < -0.3 is 19.9 Å². The van der Waals surface area contributed by atoms with Crippen LogP contribution in [0.2, 0.25) is 0 Å². The number of amides is 4. The second-order valence-electron chi connectivity index (χ2n) is 12.2. The monoisotopic (exact) mass is 639 g/mol. The molecule has 0 aliphatic carbocycles. The van der Waals surface area contributed by atoms with Gasteiger partial charge in [-0.3, -0.25) is 9.59 Å². The number of rotatable bonds is 8. The number of ether oxygens (including phenoxy) is 1. The van der Waals surface area contributed by atoms with Crippen molar-refractivity contribution in [1.29, 1.82) is 0 Å². The quantitative estimate of drug-likeness (QED) is 0.232. The number of carbonyl (C=O) groups excluding carboxylic acids is 3. The van der Waals surface area contributed by atoms with Crippen LogP contribution >= 0.6 is 0 Å². The molecule has 5 aromatic rings. The number of para-hydroxylation sites is 1. The molecule has 242 valence electrons. The van der Waals surface area contributed by atoms with Gasteiger partial charge in [-0.05, 0) is 51.7 Å². The molecule has 2 aliphatic rings. The van der Waals surface area contributed by atoms with Crippen molar-refractivity contribution in [1.82, 2.24) is 25.1 Å². The number of nitrogens with one attached hydrogen (secondary N) is 1. The van der Waals surface area contributed by atoms with Gasteiger partial charge in [-0.15, -0.1) is 0 Å². The predicted octanol–water partition coefficient (Wildman–Crippen LogP) is 5.81. The third-order valence-electron chi connectivity index (χ3n) is 9.01. The second-order valence-corrected chi connectivity index (χ2v) is 12.2. The summed E-state index contributed by atoms with van der Waals surface area (Å²) in [6.07, 6.45) is -0.396. The number of likely N-dealkylation sites (N-methyl/N-ethyl adjacent to an activating group) is 1. The minimum absolute atomic E-state index is 0.0216. The van der Waals surface area contributed by atoms with E-state index >= 15 is 0 Å². The Bertz CT molecular complexity index is 1910. The van der Waals surface area contributed by atoms with E-state index < -0.39 is 12.2 Å². The molecule has 0 bridgehead atoms. The van der Waals surface area contributed by atoms with Crippen LogP contribution in [-0.2, 0) is 29.1 Å². The molecule has 4 amide bonds. The van der Waals surface area contributed by atoms with Gasteiger partial charge in [0.25, 0.3) is 0 Å². The van der Waals surface area contributed by atoms with Crippen LogP contribution in [0, 0.1) is 0 Å². The molecule has 7 rings (SSSR count). The highest BCUT2D eigenvalue weighted by molar-refractivity contribution is 5.92. The van der Waals surface area contributed by atoms with E-state index in [1.54, 1.807) is 26.9 Å². The normalized spacial score (nSPS) is 18.1. The van der Waals surface area contributed by atoms with Crippen LogP contribution in [0.5, 0.6) is 11.5 Å².